The number of sulfone groups is 1. The first kappa shape index (κ1) is 26.2. The molecule has 194 valence electrons. The van der Waals surface area contributed by atoms with Crippen molar-refractivity contribution in [1.29, 1.82) is 0 Å². The van der Waals surface area contributed by atoms with Gasteiger partial charge in [-0.2, -0.15) is 0 Å². The minimum absolute atomic E-state index is 0.612. The van der Waals surface area contributed by atoms with Crippen LogP contribution in [0.3, 0.4) is 0 Å². The molecule has 0 aliphatic carbocycles. The van der Waals surface area contributed by atoms with Crippen molar-refractivity contribution in [2.45, 2.75) is 38.0 Å². The summed E-state index contributed by atoms with van der Waals surface area (Å²) in [4.78, 5) is 14.6. The van der Waals surface area contributed by atoms with Gasteiger partial charge >= 0.3 is 0 Å². The largest absolute Gasteiger partial charge is 0.383 e. The van der Waals surface area contributed by atoms with Crippen molar-refractivity contribution in [3.63, 3.8) is 0 Å². The fourth-order valence-corrected chi connectivity index (χ4v) is 5.91. The van der Waals surface area contributed by atoms with Gasteiger partial charge in [0.05, 0.1) is 20.8 Å². The van der Waals surface area contributed by atoms with Gasteiger partial charge in [-0.1, -0.05) is 24.3 Å². The van der Waals surface area contributed by atoms with Gasteiger partial charge in [0.15, 0.2) is 9.84 Å². The highest BCUT2D eigenvalue weighted by molar-refractivity contribution is 7.91. The van der Waals surface area contributed by atoms with Crippen LogP contribution in [0.5, 0.6) is 0 Å². The second-order valence-corrected chi connectivity index (χ2v) is 14.0. The summed E-state index contributed by atoms with van der Waals surface area (Å²) in [5.74, 6) is 0. The molecule has 3 aromatic heterocycles. The number of hydrogen-bond acceptors (Lipinski definition) is 7. The molecule has 0 saturated heterocycles. The van der Waals surface area contributed by atoms with Crippen molar-refractivity contribution in [3.05, 3.63) is 89.8 Å². The van der Waals surface area contributed by atoms with Crippen LogP contribution in [0.2, 0.25) is 0 Å². The third-order valence-corrected chi connectivity index (χ3v) is 10.4. The first-order valence-electron chi connectivity index (χ1n) is 12.2. The van der Waals surface area contributed by atoms with Crippen molar-refractivity contribution >= 4 is 32.1 Å². The summed E-state index contributed by atoms with van der Waals surface area (Å²) < 4.78 is 24.3. The number of fused-ring (bicyclic) bond motifs is 1. The zero-order valence-electron chi connectivity index (χ0n) is 21.9. The molecule has 0 spiro atoms. The van der Waals surface area contributed by atoms with Crippen LogP contribution in [0.1, 0.15) is 38.3 Å². The van der Waals surface area contributed by atoms with E-state index in [-0.39, 0.29) is 0 Å². The summed E-state index contributed by atoms with van der Waals surface area (Å²) in [5.41, 5.74) is 4.73. The second kappa shape index (κ2) is 9.38. The SMILES string of the molecule is CC(C)(O)c1nc(-c2cccnc2)c(-c2cccc(-c3cc(C(C)(C)S(C)(=O)=O)cc4cccnc34)c2)s1. The van der Waals surface area contributed by atoms with Crippen LogP contribution in [0.25, 0.3) is 43.7 Å². The molecular formula is C30H29N3O3S2. The molecule has 0 bridgehead atoms. The second-order valence-electron chi connectivity index (χ2n) is 10.5. The van der Waals surface area contributed by atoms with E-state index in [9.17, 15) is 13.5 Å². The Hall–Kier alpha value is -3.46. The zero-order chi connectivity index (χ0) is 27.3. The van der Waals surface area contributed by atoms with E-state index < -0.39 is 20.2 Å². The lowest BCUT2D eigenvalue weighted by Gasteiger charge is -2.24. The molecule has 1 N–H and O–H groups in total. The van der Waals surface area contributed by atoms with E-state index in [1.165, 1.54) is 17.6 Å². The number of benzene rings is 2. The first-order chi connectivity index (χ1) is 17.9. The Morgan fingerprint density at radius 2 is 1.58 bits per heavy atom. The first-order valence-corrected chi connectivity index (χ1v) is 14.9. The summed E-state index contributed by atoms with van der Waals surface area (Å²) in [6.07, 6.45) is 6.50. The predicted molar refractivity (Wildman–Crippen MR) is 155 cm³/mol. The number of rotatable bonds is 6. The molecule has 0 unspecified atom stereocenters. The molecule has 3 heterocycles. The predicted octanol–water partition coefficient (Wildman–Crippen LogP) is 6.59. The van der Waals surface area contributed by atoms with Gasteiger partial charge in [-0.25, -0.2) is 13.4 Å². The fourth-order valence-electron chi connectivity index (χ4n) is 4.28. The highest BCUT2D eigenvalue weighted by atomic mass is 32.2. The van der Waals surface area contributed by atoms with Gasteiger partial charge < -0.3 is 5.11 Å². The molecule has 0 saturated carbocycles. The van der Waals surface area contributed by atoms with E-state index in [1.54, 1.807) is 46.3 Å². The van der Waals surface area contributed by atoms with Crippen LogP contribution in [-0.4, -0.2) is 34.7 Å². The smallest absolute Gasteiger partial charge is 0.156 e. The maximum Gasteiger partial charge on any atom is 0.156 e. The average Bonchev–Trinajstić information content (AvgIpc) is 3.34. The van der Waals surface area contributed by atoms with Crippen LogP contribution >= 0.6 is 11.3 Å². The number of thiazole rings is 1. The quantitative estimate of drug-likeness (QED) is 0.260. The molecule has 5 rings (SSSR count). The minimum atomic E-state index is -3.38. The van der Waals surface area contributed by atoms with E-state index >= 15 is 0 Å². The summed E-state index contributed by atoms with van der Waals surface area (Å²) in [6, 6.07) is 19.6. The highest BCUT2D eigenvalue weighted by Gasteiger charge is 2.33. The molecular weight excluding hydrogens is 514 g/mol. The molecule has 0 aliphatic rings. The molecule has 0 amide bonds. The molecule has 8 heteroatoms. The number of pyridine rings is 2. The van der Waals surface area contributed by atoms with Crippen molar-refractivity contribution in [2.24, 2.45) is 0 Å². The van der Waals surface area contributed by atoms with Gasteiger partial charge in [0.1, 0.15) is 10.6 Å². The van der Waals surface area contributed by atoms with E-state index in [2.05, 4.69) is 16.0 Å². The fraction of sp³-hybridized carbons (Fsp3) is 0.233. The van der Waals surface area contributed by atoms with Gasteiger partial charge in [0.2, 0.25) is 0 Å². The Balaban J connectivity index is 1.73. The van der Waals surface area contributed by atoms with E-state index in [1.807, 2.05) is 54.6 Å². The van der Waals surface area contributed by atoms with Gasteiger partial charge in [0.25, 0.3) is 0 Å². The van der Waals surface area contributed by atoms with Crippen LogP contribution in [0.15, 0.2) is 79.3 Å². The standard InChI is InChI=1S/C30H29N3O3S2/c1-29(2,34)28-33-26(22-12-7-13-31-18-22)27(37-28)21-10-6-9-19(15-21)24-17-23(30(3,4)38(5,35)36)16-20-11-8-14-32-25(20)24/h6-18,34H,1-5H3. The zero-order valence-corrected chi connectivity index (χ0v) is 23.6. The van der Waals surface area contributed by atoms with Crippen LogP contribution < -0.4 is 0 Å². The number of aromatic nitrogens is 3. The number of aliphatic hydroxyl groups is 1. The molecule has 0 aliphatic heterocycles. The van der Waals surface area contributed by atoms with Crippen LogP contribution in [-0.2, 0) is 20.2 Å². The van der Waals surface area contributed by atoms with Crippen LogP contribution in [0.4, 0.5) is 0 Å². The van der Waals surface area contributed by atoms with Crippen LogP contribution in [0, 0.1) is 0 Å². The molecule has 0 fully saturated rings. The topological polar surface area (TPSA) is 93.0 Å². The van der Waals surface area contributed by atoms with E-state index in [0.717, 1.165) is 43.7 Å². The Kier molecular flexibility index (Phi) is 6.46. The Labute approximate surface area is 227 Å². The molecule has 2 aromatic carbocycles. The van der Waals surface area contributed by atoms with Gasteiger partial charge in [0, 0.05) is 41.4 Å². The van der Waals surface area contributed by atoms with Crippen molar-refractivity contribution in [2.75, 3.05) is 6.26 Å². The molecule has 6 nitrogen and oxygen atoms in total. The lowest BCUT2D eigenvalue weighted by molar-refractivity contribution is 0.0783. The monoisotopic (exact) mass is 543 g/mol. The molecule has 5 aromatic rings. The van der Waals surface area contributed by atoms with E-state index in [0.29, 0.717) is 10.6 Å². The Morgan fingerprint density at radius 3 is 2.26 bits per heavy atom. The van der Waals surface area contributed by atoms with Crippen molar-refractivity contribution < 1.29 is 13.5 Å². The van der Waals surface area contributed by atoms with Gasteiger partial charge in [-0.3, -0.25) is 9.97 Å². The Bertz CT molecular complexity index is 1750. The molecule has 0 radical (unpaired) electrons. The summed E-state index contributed by atoms with van der Waals surface area (Å²) >= 11 is 1.45. The Morgan fingerprint density at radius 1 is 0.868 bits per heavy atom. The molecule has 38 heavy (non-hydrogen) atoms. The maximum absolute atomic E-state index is 12.7. The number of nitrogens with zero attached hydrogens (tertiary/aromatic N) is 3. The highest BCUT2D eigenvalue weighted by Crippen LogP contribution is 2.42. The normalized spacial score (nSPS) is 12.7. The summed E-state index contributed by atoms with van der Waals surface area (Å²) in [7, 11) is -3.38. The van der Waals surface area contributed by atoms with E-state index in [4.69, 9.17) is 4.98 Å². The lowest BCUT2D eigenvalue weighted by atomic mass is 9.92. The van der Waals surface area contributed by atoms with Crippen molar-refractivity contribution in [1.82, 2.24) is 15.0 Å². The lowest BCUT2D eigenvalue weighted by Crippen LogP contribution is -2.28. The maximum atomic E-state index is 12.7. The third-order valence-electron chi connectivity index (χ3n) is 6.85. The number of hydrogen-bond donors (Lipinski definition) is 1. The third kappa shape index (κ3) is 4.75. The molecule has 0 atom stereocenters. The summed E-state index contributed by atoms with van der Waals surface area (Å²) in [6.45, 7) is 6.92. The van der Waals surface area contributed by atoms with Crippen molar-refractivity contribution in [3.8, 4) is 32.8 Å². The summed E-state index contributed by atoms with van der Waals surface area (Å²) in [5, 5.41) is 12.2. The average molecular weight is 544 g/mol. The minimum Gasteiger partial charge on any atom is -0.383 e. The van der Waals surface area contributed by atoms with Gasteiger partial charge in [-0.15, -0.1) is 11.3 Å². The van der Waals surface area contributed by atoms with Gasteiger partial charge in [-0.05, 0) is 80.8 Å².